The number of rotatable bonds is 5. The molecule has 2 fully saturated rings. The highest BCUT2D eigenvalue weighted by atomic mass is 16.2. The second-order valence-electron chi connectivity index (χ2n) is 8.15. The number of carbonyl (C=O) groups is 1. The molecule has 2 aliphatic rings. The maximum atomic E-state index is 13.1. The van der Waals surface area contributed by atoms with Crippen LogP contribution in [0, 0.1) is 5.92 Å². The summed E-state index contributed by atoms with van der Waals surface area (Å²) in [4.78, 5) is 31.9. The molecule has 1 N–H and O–H groups in total. The zero-order chi connectivity index (χ0) is 19.8. The van der Waals surface area contributed by atoms with Crippen LogP contribution in [0.5, 0.6) is 0 Å². The van der Waals surface area contributed by atoms with Crippen molar-refractivity contribution in [3.8, 4) is 5.69 Å². The number of amides is 1. The maximum absolute atomic E-state index is 13.1. The van der Waals surface area contributed by atoms with Gasteiger partial charge in [0.05, 0.1) is 5.69 Å². The molecule has 3 heterocycles. The first-order valence-electron chi connectivity index (χ1n) is 10.4. The van der Waals surface area contributed by atoms with E-state index in [9.17, 15) is 9.59 Å². The molecule has 5 rings (SSSR count). The van der Waals surface area contributed by atoms with E-state index in [1.165, 1.54) is 23.6 Å². The number of piperidine rings is 1. The van der Waals surface area contributed by atoms with E-state index in [4.69, 9.17) is 0 Å². The summed E-state index contributed by atoms with van der Waals surface area (Å²) < 4.78 is 3.68. The predicted molar refractivity (Wildman–Crippen MR) is 109 cm³/mol. The Balaban J connectivity index is 1.34. The summed E-state index contributed by atoms with van der Waals surface area (Å²) in [5, 5.41) is 2.98. The number of aromatic nitrogens is 4. The van der Waals surface area contributed by atoms with Crippen LogP contribution in [0.4, 0.5) is 0 Å². The van der Waals surface area contributed by atoms with Crippen LogP contribution in [0.2, 0.25) is 0 Å². The van der Waals surface area contributed by atoms with E-state index in [0.717, 1.165) is 36.8 Å². The molecule has 2 aromatic heterocycles. The molecular weight excluding hydrogens is 366 g/mol. The van der Waals surface area contributed by atoms with Crippen molar-refractivity contribution in [1.29, 1.82) is 0 Å². The van der Waals surface area contributed by atoms with Gasteiger partial charge in [0.1, 0.15) is 11.5 Å². The Hall–Kier alpha value is -3.09. The third kappa shape index (κ3) is 3.64. The van der Waals surface area contributed by atoms with Crippen molar-refractivity contribution in [3.63, 3.8) is 0 Å². The highest BCUT2D eigenvalue weighted by molar-refractivity contribution is 5.92. The van der Waals surface area contributed by atoms with Crippen LogP contribution in [0.1, 0.15) is 47.9 Å². The highest BCUT2D eigenvalue weighted by Gasteiger charge is 2.30. The van der Waals surface area contributed by atoms with Gasteiger partial charge in [0, 0.05) is 44.0 Å². The number of likely N-dealkylation sites (tertiary alicyclic amines) is 1. The minimum Gasteiger partial charge on any atom is -0.337 e. The third-order valence-electron chi connectivity index (χ3n) is 5.94. The lowest BCUT2D eigenvalue weighted by molar-refractivity contribution is 0.0696. The van der Waals surface area contributed by atoms with Crippen molar-refractivity contribution in [2.75, 3.05) is 13.1 Å². The lowest BCUT2D eigenvalue weighted by Crippen LogP contribution is -2.40. The van der Waals surface area contributed by atoms with E-state index >= 15 is 0 Å². The first-order valence-corrected chi connectivity index (χ1v) is 10.4. The number of aromatic amines is 1. The van der Waals surface area contributed by atoms with Crippen LogP contribution < -0.4 is 5.56 Å². The van der Waals surface area contributed by atoms with Crippen LogP contribution in [-0.2, 0) is 6.54 Å². The van der Waals surface area contributed by atoms with Crippen molar-refractivity contribution >= 4 is 5.91 Å². The SMILES string of the molecule is O=C(c1cc(=O)n(-c2ccccc2)[nH]1)N1CCC[C@@H](c2nccn2CC2CC2)C1. The van der Waals surface area contributed by atoms with E-state index in [0.29, 0.717) is 18.8 Å². The first kappa shape index (κ1) is 18.0. The standard InChI is InChI=1S/C22H25N5O2/c28-20-13-19(24-27(20)18-6-2-1-3-7-18)22(29)26-11-4-5-17(15-26)21-23-10-12-25(21)14-16-8-9-16/h1-3,6-7,10,12-13,16-17,24H,4-5,8-9,11,14-15H2/t17-/m1/s1. The number of para-hydroxylation sites is 1. The molecule has 1 aliphatic heterocycles. The second-order valence-corrected chi connectivity index (χ2v) is 8.15. The Morgan fingerprint density at radius 1 is 1.17 bits per heavy atom. The first-order chi connectivity index (χ1) is 14.2. The van der Waals surface area contributed by atoms with E-state index in [1.54, 1.807) is 0 Å². The smallest absolute Gasteiger partial charge is 0.271 e. The number of nitrogens with zero attached hydrogens (tertiary/aromatic N) is 4. The second kappa shape index (κ2) is 7.39. The van der Waals surface area contributed by atoms with Gasteiger partial charge in [-0.05, 0) is 43.7 Å². The summed E-state index contributed by atoms with van der Waals surface area (Å²) >= 11 is 0. The molecule has 1 saturated heterocycles. The van der Waals surface area contributed by atoms with Crippen molar-refractivity contribution < 1.29 is 4.79 Å². The molecule has 1 amide bonds. The Bertz CT molecular complexity index is 1060. The number of carbonyl (C=O) groups excluding carboxylic acids is 1. The summed E-state index contributed by atoms with van der Waals surface area (Å²) in [5.41, 5.74) is 0.823. The number of imidazole rings is 1. The number of nitrogens with one attached hydrogen (secondary N) is 1. The summed E-state index contributed by atoms with van der Waals surface area (Å²) in [6, 6.07) is 10.7. The minimum atomic E-state index is -0.229. The van der Waals surface area contributed by atoms with Gasteiger partial charge in [-0.25, -0.2) is 9.67 Å². The average molecular weight is 391 g/mol. The van der Waals surface area contributed by atoms with Crippen LogP contribution in [0.15, 0.2) is 53.6 Å². The van der Waals surface area contributed by atoms with Gasteiger partial charge in [0.25, 0.3) is 11.5 Å². The fraction of sp³-hybridized carbons (Fsp3) is 0.409. The highest BCUT2D eigenvalue weighted by Crippen LogP contribution is 2.33. The van der Waals surface area contributed by atoms with E-state index in [-0.39, 0.29) is 17.4 Å². The molecular formula is C22H25N5O2. The Labute approximate surface area is 169 Å². The molecule has 0 spiro atoms. The molecule has 0 radical (unpaired) electrons. The lowest BCUT2D eigenvalue weighted by atomic mass is 9.96. The average Bonchev–Trinajstić information content (AvgIpc) is 3.30. The van der Waals surface area contributed by atoms with E-state index in [2.05, 4.69) is 20.8 Å². The van der Waals surface area contributed by atoms with Gasteiger partial charge in [-0.1, -0.05) is 18.2 Å². The van der Waals surface area contributed by atoms with Crippen molar-refractivity contribution in [1.82, 2.24) is 24.2 Å². The summed E-state index contributed by atoms with van der Waals surface area (Å²) in [6.45, 7) is 2.38. The third-order valence-corrected chi connectivity index (χ3v) is 5.94. The molecule has 1 saturated carbocycles. The summed E-state index contributed by atoms with van der Waals surface area (Å²) in [5.74, 6) is 1.99. The van der Waals surface area contributed by atoms with Gasteiger partial charge in [0.15, 0.2) is 0 Å². The van der Waals surface area contributed by atoms with Gasteiger partial charge < -0.3 is 9.47 Å². The van der Waals surface area contributed by atoms with Crippen molar-refractivity contribution in [2.45, 2.75) is 38.1 Å². The normalized spacial score (nSPS) is 19.4. The topological polar surface area (TPSA) is 75.9 Å². The van der Waals surface area contributed by atoms with Gasteiger partial charge in [-0.3, -0.25) is 14.7 Å². The fourth-order valence-corrected chi connectivity index (χ4v) is 4.23. The molecule has 7 heteroatoms. The van der Waals surface area contributed by atoms with Gasteiger partial charge in [-0.2, -0.15) is 0 Å². The zero-order valence-electron chi connectivity index (χ0n) is 16.3. The van der Waals surface area contributed by atoms with E-state index < -0.39 is 0 Å². The Morgan fingerprint density at radius 3 is 2.79 bits per heavy atom. The summed E-state index contributed by atoms with van der Waals surface area (Å²) in [7, 11) is 0. The van der Waals surface area contributed by atoms with E-state index in [1.807, 2.05) is 41.4 Å². The van der Waals surface area contributed by atoms with Crippen LogP contribution >= 0.6 is 0 Å². The van der Waals surface area contributed by atoms with Gasteiger partial charge >= 0.3 is 0 Å². The quantitative estimate of drug-likeness (QED) is 0.727. The van der Waals surface area contributed by atoms with Crippen LogP contribution in [0.3, 0.4) is 0 Å². The zero-order valence-corrected chi connectivity index (χ0v) is 16.3. The summed E-state index contributed by atoms with van der Waals surface area (Å²) in [6.07, 6.45) is 8.52. The number of benzene rings is 1. The largest absolute Gasteiger partial charge is 0.337 e. The number of hydrogen-bond donors (Lipinski definition) is 1. The fourth-order valence-electron chi connectivity index (χ4n) is 4.23. The minimum absolute atomic E-state index is 0.123. The molecule has 1 atom stereocenters. The maximum Gasteiger partial charge on any atom is 0.271 e. The predicted octanol–water partition coefficient (Wildman–Crippen LogP) is 2.79. The molecule has 1 aromatic carbocycles. The molecule has 3 aromatic rings. The van der Waals surface area contributed by atoms with Gasteiger partial charge in [0.2, 0.25) is 0 Å². The Morgan fingerprint density at radius 2 is 2.00 bits per heavy atom. The Kier molecular flexibility index (Phi) is 4.58. The van der Waals surface area contributed by atoms with Crippen LogP contribution in [-0.4, -0.2) is 43.2 Å². The molecule has 1 aliphatic carbocycles. The lowest BCUT2D eigenvalue weighted by Gasteiger charge is -2.32. The van der Waals surface area contributed by atoms with Crippen molar-refractivity contribution in [3.05, 3.63) is 70.7 Å². The molecule has 7 nitrogen and oxygen atoms in total. The molecule has 0 bridgehead atoms. The number of H-pyrrole nitrogens is 1. The molecule has 150 valence electrons. The van der Waals surface area contributed by atoms with Gasteiger partial charge in [-0.15, -0.1) is 0 Å². The molecule has 0 unspecified atom stereocenters. The monoisotopic (exact) mass is 391 g/mol. The number of hydrogen-bond acceptors (Lipinski definition) is 3. The molecule has 29 heavy (non-hydrogen) atoms. The van der Waals surface area contributed by atoms with Crippen LogP contribution in [0.25, 0.3) is 5.69 Å². The van der Waals surface area contributed by atoms with Crippen molar-refractivity contribution in [2.24, 2.45) is 5.92 Å².